The van der Waals surface area contributed by atoms with E-state index in [9.17, 15) is 0 Å². The number of rotatable bonds is 2. The van der Waals surface area contributed by atoms with E-state index in [0.29, 0.717) is 11.1 Å². The van der Waals surface area contributed by atoms with Crippen LogP contribution in [0.4, 0.5) is 0 Å². The third-order valence-corrected chi connectivity index (χ3v) is 2.90. The van der Waals surface area contributed by atoms with Crippen LogP contribution in [0.3, 0.4) is 0 Å². The van der Waals surface area contributed by atoms with E-state index < -0.39 is 0 Å². The lowest BCUT2D eigenvalue weighted by Gasteiger charge is -2.04. The number of hydrogen-bond acceptors (Lipinski definition) is 3. The van der Waals surface area contributed by atoms with Gasteiger partial charge in [-0.1, -0.05) is 11.6 Å². The maximum absolute atomic E-state index is 6.00. The minimum atomic E-state index is 0.495. The Balaban J connectivity index is 2.10. The molecule has 0 saturated heterocycles. The maximum Gasteiger partial charge on any atom is 0.158 e. The van der Waals surface area contributed by atoms with Crippen LogP contribution in [-0.4, -0.2) is 19.5 Å². The molecule has 0 N–H and O–H groups in total. The van der Waals surface area contributed by atoms with Crippen molar-refractivity contribution in [1.29, 1.82) is 0 Å². The average molecular weight is 235 g/mol. The van der Waals surface area contributed by atoms with Crippen molar-refractivity contribution in [3.05, 3.63) is 29.4 Å². The number of imidazole rings is 1. The lowest BCUT2D eigenvalue weighted by Crippen LogP contribution is -1.99. The van der Waals surface area contributed by atoms with Gasteiger partial charge in [-0.25, -0.2) is 15.0 Å². The fourth-order valence-corrected chi connectivity index (χ4v) is 1.88. The zero-order valence-corrected chi connectivity index (χ0v) is 9.65. The Morgan fingerprint density at radius 3 is 2.81 bits per heavy atom. The second-order valence-corrected chi connectivity index (χ2v) is 4.46. The molecule has 16 heavy (non-hydrogen) atoms. The molecule has 0 spiro atoms. The first-order chi connectivity index (χ1) is 7.74. The molecule has 3 rings (SSSR count). The summed E-state index contributed by atoms with van der Waals surface area (Å²) in [5.41, 5.74) is 0.800. The fraction of sp³-hybridized carbons (Fsp3) is 0.364. The molecule has 0 aliphatic heterocycles. The first-order valence-electron chi connectivity index (χ1n) is 5.26. The van der Waals surface area contributed by atoms with Crippen molar-refractivity contribution in [3.8, 4) is 11.5 Å². The molecule has 0 radical (unpaired) electrons. The van der Waals surface area contributed by atoms with Crippen LogP contribution < -0.4 is 0 Å². The second-order valence-electron chi connectivity index (χ2n) is 4.07. The average Bonchev–Trinajstić information content (AvgIpc) is 3.01. The third-order valence-electron chi connectivity index (χ3n) is 2.70. The van der Waals surface area contributed by atoms with Crippen LogP contribution in [0.25, 0.3) is 11.5 Å². The van der Waals surface area contributed by atoms with Crippen molar-refractivity contribution < 1.29 is 0 Å². The van der Waals surface area contributed by atoms with Gasteiger partial charge in [-0.05, 0) is 12.8 Å². The number of hydrogen-bond donors (Lipinski definition) is 0. The molecule has 2 aromatic rings. The van der Waals surface area contributed by atoms with Gasteiger partial charge in [0.05, 0.1) is 0 Å². The van der Waals surface area contributed by atoms with Gasteiger partial charge in [0.1, 0.15) is 16.7 Å². The van der Waals surface area contributed by atoms with E-state index in [1.165, 1.54) is 12.8 Å². The number of nitrogens with zero attached hydrogens (tertiary/aromatic N) is 4. The SMILES string of the molecule is Cn1ccnc1-c1cc(Cl)nc(C2CC2)n1. The van der Waals surface area contributed by atoms with Gasteiger partial charge in [0.2, 0.25) is 0 Å². The molecule has 1 aliphatic carbocycles. The van der Waals surface area contributed by atoms with Crippen LogP contribution in [0.1, 0.15) is 24.6 Å². The summed E-state index contributed by atoms with van der Waals surface area (Å²) >= 11 is 6.00. The molecule has 2 aromatic heterocycles. The molecule has 0 unspecified atom stereocenters. The molecule has 4 nitrogen and oxygen atoms in total. The summed E-state index contributed by atoms with van der Waals surface area (Å²) < 4.78 is 1.93. The molecule has 0 atom stereocenters. The van der Waals surface area contributed by atoms with Crippen molar-refractivity contribution in [2.24, 2.45) is 7.05 Å². The fourth-order valence-electron chi connectivity index (χ4n) is 1.69. The lowest BCUT2D eigenvalue weighted by atomic mass is 10.3. The smallest absolute Gasteiger partial charge is 0.158 e. The quantitative estimate of drug-likeness (QED) is 0.750. The molecule has 1 aliphatic rings. The first kappa shape index (κ1) is 9.78. The van der Waals surface area contributed by atoms with Crippen molar-refractivity contribution in [2.75, 3.05) is 0 Å². The highest BCUT2D eigenvalue weighted by Gasteiger charge is 2.27. The second kappa shape index (κ2) is 3.56. The van der Waals surface area contributed by atoms with Crippen LogP contribution in [0.5, 0.6) is 0 Å². The van der Waals surface area contributed by atoms with Gasteiger partial charge in [0.15, 0.2) is 5.82 Å². The standard InChI is InChI=1S/C11H11ClN4/c1-16-5-4-13-11(16)8-6-9(12)15-10(14-8)7-2-3-7/h4-7H,2-3H2,1H3. The van der Waals surface area contributed by atoms with E-state index in [0.717, 1.165) is 17.3 Å². The topological polar surface area (TPSA) is 43.6 Å². The molecule has 2 heterocycles. The van der Waals surface area contributed by atoms with Gasteiger partial charge in [0, 0.05) is 31.4 Å². The summed E-state index contributed by atoms with van der Waals surface area (Å²) in [7, 11) is 1.94. The van der Waals surface area contributed by atoms with Crippen molar-refractivity contribution in [2.45, 2.75) is 18.8 Å². The van der Waals surface area contributed by atoms with Crippen LogP contribution in [0.15, 0.2) is 18.5 Å². The van der Waals surface area contributed by atoms with Crippen molar-refractivity contribution in [1.82, 2.24) is 19.5 Å². The van der Waals surface area contributed by atoms with Gasteiger partial charge < -0.3 is 4.57 Å². The van der Waals surface area contributed by atoms with E-state index in [2.05, 4.69) is 15.0 Å². The van der Waals surface area contributed by atoms with Gasteiger partial charge >= 0.3 is 0 Å². The predicted molar refractivity (Wildman–Crippen MR) is 61.2 cm³/mol. The van der Waals surface area contributed by atoms with Gasteiger partial charge in [-0.2, -0.15) is 0 Å². The Kier molecular flexibility index (Phi) is 2.17. The Labute approximate surface area is 98.3 Å². The molecule has 0 aromatic carbocycles. The summed E-state index contributed by atoms with van der Waals surface area (Å²) in [5, 5.41) is 0.495. The Bertz CT molecular complexity index is 531. The highest BCUT2D eigenvalue weighted by Crippen LogP contribution is 2.38. The summed E-state index contributed by atoms with van der Waals surface area (Å²) in [6.07, 6.45) is 5.98. The normalized spacial score (nSPS) is 15.4. The minimum Gasteiger partial charge on any atom is -0.333 e. The van der Waals surface area contributed by atoms with Crippen LogP contribution in [-0.2, 0) is 7.05 Å². The summed E-state index contributed by atoms with van der Waals surface area (Å²) in [6, 6.07) is 1.76. The van der Waals surface area contributed by atoms with Gasteiger partial charge in [-0.15, -0.1) is 0 Å². The highest BCUT2D eigenvalue weighted by molar-refractivity contribution is 6.29. The van der Waals surface area contributed by atoms with E-state index in [1.807, 2.05) is 17.8 Å². The van der Waals surface area contributed by atoms with E-state index in [1.54, 1.807) is 12.3 Å². The maximum atomic E-state index is 6.00. The molecule has 0 bridgehead atoms. The van der Waals surface area contributed by atoms with Crippen molar-refractivity contribution in [3.63, 3.8) is 0 Å². The van der Waals surface area contributed by atoms with Crippen LogP contribution in [0.2, 0.25) is 5.15 Å². The summed E-state index contributed by atoms with van der Waals surface area (Å²) in [5.74, 6) is 2.18. The Hall–Kier alpha value is -1.42. The molecule has 1 fully saturated rings. The number of aryl methyl sites for hydroxylation is 1. The molecule has 82 valence electrons. The van der Waals surface area contributed by atoms with E-state index in [-0.39, 0.29) is 0 Å². The van der Waals surface area contributed by atoms with E-state index in [4.69, 9.17) is 11.6 Å². The predicted octanol–water partition coefficient (Wildman–Crippen LogP) is 2.41. The van der Waals surface area contributed by atoms with Gasteiger partial charge in [0.25, 0.3) is 0 Å². The first-order valence-corrected chi connectivity index (χ1v) is 5.64. The highest BCUT2D eigenvalue weighted by atomic mass is 35.5. The Morgan fingerprint density at radius 2 is 2.19 bits per heavy atom. The zero-order valence-electron chi connectivity index (χ0n) is 8.89. The van der Waals surface area contributed by atoms with Gasteiger partial charge in [-0.3, -0.25) is 0 Å². The monoisotopic (exact) mass is 234 g/mol. The third kappa shape index (κ3) is 1.69. The van der Waals surface area contributed by atoms with Crippen LogP contribution in [0, 0.1) is 0 Å². The Morgan fingerprint density at radius 1 is 1.38 bits per heavy atom. The zero-order chi connectivity index (χ0) is 11.1. The molecule has 1 saturated carbocycles. The minimum absolute atomic E-state index is 0.495. The number of aromatic nitrogens is 4. The molecule has 5 heteroatoms. The van der Waals surface area contributed by atoms with Crippen molar-refractivity contribution >= 4 is 11.6 Å². The van der Waals surface area contributed by atoms with E-state index >= 15 is 0 Å². The summed E-state index contributed by atoms with van der Waals surface area (Å²) in [4.78, 5) is 13.0. The lowest BCUT2D eigenvalue weighted by molar-refractivity contribution is 0.889. The largest absolute Gasteiger partial charge is 0.333 e. The molecular weight excluding hydrogens is 224 g/mol. The van der Waals surface area contributed by atoms with Crippen LogP contribution >= 0.6 is 11.6 Å². The molecule has 0 amide bonds. The molecular formula is C11H11ClN4. The summed E-state index contributed by atoms with van der Waals surface area (Å²) in [6.45, 7) is 0. The number of halogens is 1.